The highest BCUT2D eigenvalue weighted by Gasteiger charge is 1.96. The first-order chi connectivity index (χ1) is 11.3. The van der Waals surface area contributed by atoms with E-state index in [1.807, 2.05) is 54.6 Å². The Balaban J connectivity index is 1.58. The largest absolute Gasteiger partial charge is 0.457 e. The Bertz CT molecular complexity index is 774. The van der Waals surface area contributed by atoms with Crippen molar-refractivity contribution < 1.29 is 4.74 Å². The summed E-state index contributed by atoms with van der Waals surface area (Å²) in [5, 5.41) is 12.0. The smallest absolute Gasteiger partial charge is 0.168 e. The van der Waals surface area contributed by atoms with Gasteiger partial charge in [-0.05, 0) is 54.1 Å². The van der Waals surface area contributed by atoms with E-state index < -0.39 is 0 Å². The molecule has 114 valence electrons. The highest BCUT2D eigenvalue weighted by molar-refractivity contribution is 6.29. The van der Waals surface area contributed by atoms with Crippen LogP contribution in [0, 0.1) is 0 Å². The van der Waals surface area contributed by atoms with Crippen LogP contribution in [0.1, 0.15) is 5.56 Å². The Hall–Kier alpha value is -2.92. The summed E-state index contributed by atoms with van der Waals surface area (Å²) in [7, 11) is 0. The quantitative estimate of drug-likeness (QED) is 0.559. The van der Waals surface area contributed by atoms with Crippen molar-refractivity contribution in [2.75, 3.05) is 5.43 Å². The number of hydrogen-bond donors (Lipinski definition) is 1. The standard InChI is InChI=1S/C17H13ClN4O/c18-16-10-11-17(22-20-16)21-19-12-13-6-8-15(9-7-13)23-14-4-2-1-3-5-14/h1-12H,(H,21,22)/b19-12+. The summed E-state index contributed by atoms with van der Waals surface area (Å²) in [4.78, 5) is 0. The highest BCUT2D eigenvalue weighted by Crippen LogP contribution is 2.20. The maximum atomic E-state index is 5.73. The molecule has 6 heteroatoms. The lowest BCUT2D eigenvalue weighted by atomic mass is 10.2. The molecule has 0 saturated heterocycles. The average Bonchev–Trinajstić information content (AvgIpc) is 2.59. The number of benzene rings is 2. The molecule has 0 bridgehead atoms. The number of hydrogen-bond acceptors (Lipinski definition) is 5. The summed E-state index contributed by atoms with van der Waals surface area (Å²) in [5.74, 6) is 2.09. The zero-order valence-electron chi connectivity index (χ0n) is 12.1. The van der Waals surface area contributed by atoms with Gasteiger partial charge in [-0.2, -0.15) is 5.10 Å². The Morgan fingerprint density at radius 3 is 2.30 bits per heavy atom. The molecule has 0 aliphatic rings. The van der Waals surface area contributed by atoms with Gasteiger partial charge in [-0.3, -0.25) is 5.43 Å². The number of nitrogens with zero attached hydrogens (tertiary/aromatic N) is 3. The number of nitrogens with one attached hydrogen (secondary N) is 1. The predicted molar refractivity (Wildman–Crippen MR) is 91.2 cm³/mol. The van der Waals surface area contributed by atoms with E-state index in [2.05, 4.69) is 20.7 Å². The maximum absolute atomic E-state index is 5.73. The van der Waals surface area contributed by atoms with Crippen molar-refractivity contribution in [3.63, 3.8) is 0 Å². The third-order valence-corrected chi connectivity index (χ3v) is 3.09. The van der Waals surface area contributed by atoms with Crippen molar-refractivity contribution in [1.82, 2.24) is 10.2 Å². The minimum absolute atomic E-state index is 0.341. The van der Waals surface area contributed by atoms with E-state index in [0.717, 1.165) is 17.1 Å². The van der Waals surface area contributed by atoms with Crippen molar-refractivity contribution in [3.05, 3.63) is 77.4 Å². The number of anilines is 1. The third kappa shape index (κ3) is 4.52. The van der Waals surface area contributed by atoms with Crippen LogP contribution in [-0.2, 0) is 0 Å². The molecule has 2 aromatic carbocycles. The summed E-state index contributed by atoms with van der Waals surface area (Å²) in [6, 6.07) is 20.6. The molecule has 1 aromatic heterocycles. The summed E-state index contributed by atoms with van der Waals surface area (Å²) in [5.41, 5.74) is 3.71. The molecule has 5 nitrogen and oxygen atoms in total. The first-order valence-electron chi connectivity index (χ1n) is 6.91. The number of ether oxygens (including phenoxy) is 1. The van der Waals surface area contributed by atoms with Gasteiger partial charge in [0.25, 0.3) is 0 Å². The summed E-state index contributed by atoms with van der Waals surface area (Å²) in [6.07, 6.45) is 1.68. The topological polar surface area (TPSA) is 59.4 Å². The van der Waals surface area contributed by atoms with Crippen LogP contribution in [0.5, 0.6) is 11.5 Å². The number of hydrazone groups is 1. The molecule has 1 N–H and O–H groups in total. The van der Waals surface area contributed by atoms with Crippen LogP contribution < -0.4 is 10.2 Å². The predicted octanol–water partition coefficient (Wildman–Crippen LogP) is 4.37. The molecule has 0 fully saturated rings. The summed E-state index contributed by atoms with van der Waals surface area (Å²) >= 11 is 5.66. The van der Waals surface area contributed by atoms with Gasteiger partial charge in [-0.1, -0.05) is 29.8 Å². The lowest BCUT2D eigenvalue weighted by Gasteiger charge is -2.05. The molecule has 0 radical (unpaired) electrons. The molecule has 23 heavy (non-hydrogen) atoms. The van der Waals surface area contributed by atoms with Gasteiger partial charge in [0.1, 0.15) is 11.5 Å². The van der Waals surface area contributed by atoms with Crippen LogP contribution in [0.15, 0.2) is 71.8 Å². The molecule has 0 atom stereocenters. The molecule has 1 heterocycles. The van der Waals surface area contributed by atoms with E-state index in [-0.39, 0.29) is 0 Å². The molecule has 0 amide bonds. The Kier molecular flexibility index (Phi) is 4.81. The van der Waals surface area contributed by atoms with Gasteiger partial charge in [0.15, 0.2) is 11.0 Å². The third-order valence-electron chi connectivity index (χ3n) is 2.88. The minimum Gasteiger partial charge on any atom is -0.457 e. The monoisotopic (exact) mass is 324 g/mol. The fourth-order valence-electron chi connectivity index (χ4n) is 1.80. The zero-order chi connectivity index (χ0) is 15.9. The van der Waals surface area contributed by atoms with Gasteiger partial charge >= 0.3 is 0 Å². The minimum atomic E-state index is 0.341. The van der Waals surface area contributed by atoms with E-state index in [1.165, 1.54) is 0 Å². The lowest BCUT2D eigenvalue weighted by molar-refractivity contribution is 0.482. The average molecular weight is 325 g/mol. The maximum Gasteiger partial charge on any atom is 0.168 e. The second-order valence-electron chi connectivity index (χ2n) is 4.60. The Morgan fingerprint density at radius 2 is 1.61 bits per heavy atom. The summed E-state index contributed by atoms with van der Waals surface area (Å²) in [6.45, 7) is 0. The first-order valence-corrected chi connectivity index (χ1v) is 7.29. The molecule has 3 rings (SSSR count). The second-order valence-corrected chi connectivity index (χ2v) is 4.98. The van der Waals surface area contributed by atoms with Crippen molar-refractivity contribution in [3.8, 4) is 11.5 Å². The first kappa shape index (κ1) is 15.0. The molecule has 0 saturated carbocycles. The molecule has 0 spiro atoms. The van der Waals surface area contributed by atoms with Gasteiger partial charge in [0, 0.05) is 0 Å². The van der Waals surface area contributed by atoms with Crippen LogP contribution >= 0.6 is 11.6 Å². The molecular formula is C17H13ClN4O. The van der Waals surface area contributed by atoms with Crippen molar-refractivity contribution in [2.24, 2.45) is 5.10 Å². The molecule has 0 aliphatic carbocycles. The molecule has 0 unspecified atom stereocenters. The summed E-state index contributed by atoms with van der Waals surface area (Å²) < 4.78 is 5.73. The second kappa shape index (κ2) is 7.38. The fourth-order valence-corrected chi connectivity index (χ4v) is 1.90. The molecular weight excluding hydrogens is 312 g/mol. The lowest BCUT2D eigenvalue weighted by Crippen LogP contribution is -1.95. The Labute approximate surface area is 138 Å². The number of halogens is 1. The molecule has 3 aromatic rings. The van der Waals surface area contributed by atoms with Gasteiger partial charge in [-0.15, -0.1) is 10.2 Å². The van der Waals surface area contributed by atoms with Crippen molar-refractivity contribution >= 4 is 23.6 Å². The Morgan fingerprint density at radius 1 is 0.870 bits per heavy atom. The van der Waals surface area contributed by atoms with Crippen LogP contribution in [0.2, 0.25) is 5.15 Å². The SMILES string of the molecule is Clc1ccc(N/N=C/c2ccc(Oc3ccccc3)cc2)nn1. The van der Waals surface area contributed by atoms with E-state index in [4.69, 9.17) is 16.3 Å². The van der Waals surface area contributed by atoms with E-state index in [0.29, 0.717) is 11.0 Å². The number of rotatable bonds is 5. The highest BCUT2D eigenvalue weighted by atomic mass is 35.5. The zero-order valence-corrected chi connectivity index (χ0v) is 12.8. The van der Waals surface area contributed by atoms with Gasteiger partial charge in [0.2, 0.25) is 0 Å². The number of aromatic nitrogens is 2. The van der Waals surface area contributed by atoms with Crippen LogP contribution in [0.25, 0.3) is 0 Å². The van der Waals surface area contributed by atoms with E-state index in [1.54, 1.807) is 18.3 Å². The number of para-hydroxylation sites is 1. The van der Waals surface area contributed by atoms with Gasteiger partial charge < -0.3 is 4.74 Å². The van der Waals surface area contributed by atoms with Gasteiger partial charge in [0.05, 0.1) is 6.21 Å². The molecule has 0 aliphatic heterocycles. The van der Waals surface area contributed by atoms with Crippen molar-refractivity contribution in [1.29, 1.82) is 0 Å². The van der Waals surface area contributed by atoms with E-state index in [9.17, 15) is 0 Å². The van der Waals surface area contributed by atoms with Crippen LogP contribution in [0.4, 0.5) is 5.82 Å². The fraction of sp³-hybridized carbons (Fsp3) is 0. The normalized spacial score (nSPS) is 10.7. The van der Waals surface area contributed by atoms with E-state index >= 15 is 0 Å². The van der Waals surface area contributed by atoms with Gasteiger partial charge in [-0.25, -0.2) is 0 Å². The van der Waals surface area contributed by atoms with Crippen molar-refractivity contribution in [2.45, 2.75) is 0 Å². The van der Waals surface area contributed by atoms with Crippen LogP contribution in [-0.4, -0.2) is 16.4 Å². The van der Waals surface area contributed by atoms with Crippen LogP contribution in [0.3, 0.4) is 0 Å².